The van der Waals surface area contributed by atoms with Crippen molar-refractivity contribution in [2.75, 3.05) is 7.05 Å². The summed E-state index contributed by atoms with van der Waals surface area (Å²) in [6.45, 7) is 4.31. The number of benzene rings is 1. The fourth-order valence-electron chi connectivity index (χ4n) is 1.35. The lowest BCUT2D eigenvalue weighted by atomic mass is 9.97. The third-order valence-electron chi connectivity index (χ3n) is 2.10. The highest BCUT2D eigenvalue weighted by atomic mass is 14.8. The maximum Gasteiger partial charge on any atom is 0.125 e. The van der Waals surface area contributed by atoms with Crippen LogP contribution in [0.25, 0.3) is 0 Å². The summed E-state index contributed by atoms with van der Waals surface area (Å²) >= 11 is 0. The van der Waals surface area contributed by atoms with Gasteiger partial charge in [0.15, 0.2) is 0 Å². The monoisotopic (exact) mass is 176 g/mol. The summed E-state index contributed by atoms with van der Waals surface area (Å²) in [5.41, 5.74) is 8.09. The van der Waals surface area contributed by atoms with E-state index in [-0.39, 0.29) is 0 Å². The normalized spacial score (nSPS) is 12.2. The van der Waals surface area contributed by atoms with Crippen molar-refractivity contribution in [3.63, 3.8) is 0 Å². The lowest BCUT2D eigenvalue weighted by Gasteiger charge is -2.11. The molecule has 0 spiro atoms. The molecule has 0 amide bonds. The highest BCUT2D eigenvalue weighted by Crippen LogP contribution is 2.18. The summed E-state index contributed by atoms with van der Waals surface area (Å²) in [5.74, 6) is 1.10. The van der Waals surface area contributed by atoms with E-state index in [1.165, 1.54) is 5.56 Å². The molecule has 0 fully saturated rings. The van der Waals surface area contributed by atoms with E-state index in [4.69, 9.17) is 5.73 Å². The van der Waals surface area contributed by atoms with Crippen molar-refractivity contribution < 1.29 is 0 Å². The largest absolute Gasteiger partial charge is 0.384 e. The minimum absolute atomic E-state index is 0.483. The second kappa shape index (κ2) is 4.08. The average molecular weight is 176 g/mol. The molecular formula is C11H16N2. The fraction of sp³-hybridized carbons (Fsp3) is 0.364. The van der Waals surface area contributed by atoms with E-state index >= 15 is 0 Å². The molecule has 1 aromatic rings. The van der Waals surface area contributed by atoms with Crippen LogP contribution in [0.1, 0.15) is 30.9 Å². The molecule has 0 radical (unpaired) electrons. The Labute approximate surface area is 79.5 Å². The maximum absolute atomic E-state index is 5.78. The predicted octanol–water partition coefficient (Wildman–Crippen LogP) is 2.15. The van der Waals surface area contributed by atoms with Gasteiger partial charge < -0.3 is 5.73 Å². The lowest BCUT2D eigenvalue weighted by molar-refractivity contribution is 0.863. The van der Waals surface area contributed by atoms with E-state index in [9.17, 15) is 0 Å². The van der Waals surface area contributed by atoms with Crippen molar-refractivity contribution in [2.24, 2.45) is 10.7 Å². The molecule has 0 heterocycles. The first-order chi connectivity index (χ1) is 6.16. The van der Waals surface area contributed by atoms with Crippen molar-refractivity contribution in [3.8, 4) is 0 Å². The quantitative estimate of drug-likeness (QED) is 0.544. The first-order valence-electron chi connectivity index (χ1n) is 4.48. The molecule has 0 bridgehead atoms. The van der Waals surface area contributed by atoms with Gasteiger partial charge >= 0.3 is 0 Å². The van der Waals surface area contributed by atoms with E-state index < -0.39 is 0 Å². The van der Waals surface area contributed by atoms with E-state index in [0.717, 1.165) is 5.56 Å². The Morgan fingerprint density at radius 3 is 2.46 bits per heavy atom. The minimum Gasteiger partial charge on any atom is -0.384 e. The Kier molecular flexibility index (Phi) is 3.07. The van der Waals surface area contributed by atoms with Crippen LogP contribution in [0.15, 0.2) is 29.3 Å². The molecule has 0 unspecified atom stereocenters. The number of rotatable bonds is 2. The molecule has 1 aromatic carbocycles. The molecule has 0 saturated heterocycles. The van der Waals surface area contributed by atoms with E-state index in [0.29, 0.717) is 11.8 Å². The zero-order valence-electron chi connectivity index (χ0n) is 8.41. The van der Waals surface area contributed by atoms with E-state index in [1.807, 2.05) is 18.2 Å². The van der Waals surface area contributed by atoms with Gasteiger partial charge in [-0.3, -0.25) is 4.99 Å². The Bertz CT molecular complexity index is 314. The topological polar surface area (TPSA) is 38.4 Å². The van der Waals surface area contributed by atoms with Gasteiger partial charge in [0.2, 0.25) is 0 Å². The Morgan fingerprint density at radius 1 is 1.31 bits per heavy atom. The van der Waals surface area contributed by atoms with E-state index in [1.54, 1.807) is 7.05 Å². The fourth-order valence-corrected chi connectivity index (χ4v) is 1.35. The molecule has 0 atom stereocenters. The molecule has 2 N–H and O–H groups in total. The van der Waals surface area contributed by atoms with Gasteiger partial charge in [0.05, 0.1) is 0 Å². The van der Waals surface area contributed by atoms with Crippen LogP contribution in [-0.2, 0) is 0 Å². The van der Waals surface area contributed by atoms with Gasteiger partial charge in [-0.2, -0.15) is 0 Å². The lowest BCUT2D eigenvalue weighted by Crippen LogP contribution is -2.15. The number of hydrogen-bond donors (Lipinski definition) is 1. The smallest absolute Gasteiger partial charge is 0.125 e. The summed E-state index contributed by atoms with van der Waals surface area (Å²) in [6, 6.07) is 8.12. The van der Waals surface area contributed by atoms with Crippen molar-refractivity contribution in [1.82, 2.24) is 0 Å². The molecule has 2 nitrogen and oxygen atoms in total. The molecule has 0 aliphatic rings. The van der Waals surface area contributed by atoms with Crippen LogP contribution < -0.4 is 5.73 Å². The van der Waals surface area contributed by atoms with Crippen molar-refractivity contribution in [1.29, 1.82) is 0 Å². The summed E-state index contributed by atoms with van der Waals surface area (Å²) in [5, 5.41) is 0. The summed E-state index contributed by atoms with van der Waals surface area (Å²) in [4.78, 5) is 4.00. The minimum atomic E-state index is 0.483. The van der Waals surface area contributed by atoms with Gasteiger partial charge in [-0.25, -0.2) is 0 Å². The summed E-state index contributed by atoms with van der Waals surface area (Å²) < 4.78 is 0. The van der Waals surface area contributed by atoms with E-state index in [2.05, 4.69) is 24.9 Å². The summed E-state index contributed by atoms with van der Waals surface area (Å²) in [7, 11) is 1.71. The Hall–Kier alpha value is -1.31. The van der Waals surface area contributed by atoms with Gasteiger partial charge in [0.25, 0.3) is 0 Å². The van der Waals surface area contributed by atoms with Crippen LogP contribution in [0.5, 0.6) is 0 Å². The van der Waals surface area contributed by atoms with Gasteiger partial charge in [-0.05, 0) is 11.5 Å². The first kappa shape index (κ1) is 9.78. The van der Waals surface area contributed by atoms with Crippen LogP contribution >= 0.6 is 0 Å². The van der Waals surface area contributed by atoms with Crippen molar-refractivity contribution in [3.05, 3.63) is 35.4 Å². The number of nitrogens with zero attached hydrogens (tertiary/aromatic N) is 1. The van der Waals surface area contributed by atoms with Crippen LogP contribution in [0.4, 0.5) is 0 Å². The number of hydrogen-bond acceptors (Lipinski definition) is 1. The zero-order chi connectivity index (χ0) is 9.84. The van der Waals surface area contributed by atoms with Gasteiger partial charge in [-0.1, -0.05) is 38.1 Å². The molecular weight excluding hydrogens is 160 g/mol. The van der Waals surface area contributed by atoms with Crippen molar-refractivity contribution >= 4 is 5.84 Å². The molecule has 0 aliphatic carbocycles. The highest BCUT2D eigenvalue weighted by molar-refractivity contribution is 5.98. The second-order valence-electron chi connectivity index (χ2n) is 3.35. The third kappa shape index (κ3) is 2.08. The Balaban J connectivity index is 3.20. The second-order valence-corrected chi connectivity index (χ2v) is 3.35. The maximum atomic E-state index is 5.78. The number of nitrogens with two attached hydrogens (primary N) is 1. The number of amidine groups is 1. The molecule has 13 heavy (non-hydrogen) atoms. The SMILES string of the molecule is CN=C(N)c1ccccc1C(C)C. The van der Waals surface area contributed by atoms with Gasteiger partial charge in [-0.15, -0.1) is 0 Å². The zero-order valence-corrected chi connectivity index (χ0v) is 8.41. The predicted molar refractivity (Wildman–Crippen MR) is 57.2 cm³/mol. The molecule has 0 aromatic heterocycles. The average Bonchev–Trinajstić information content (AvgIpc) is 2.16. The molecule has 0 saturated carbocycles. The van der Waals surface area contributed by atoms with Gasteiger partial charge in [0, 0.05) is 12.6 Å². The Morgan fingerprint density at radius 2 is 1.92 bits per heavy atom. The molecule has 1 rings (SSSR count). The van der Waals surface area contributed by atoms with Crippen molar-refractivity contribution in [2.45, 2.75) is 19.8 Å². The standard InChI is InChI=1S/C11H16N2/c1-8(2)9-6-4-5-7-10(9)11(12)13-3/h4-8H,1-3H3,(H2,12,13). The highest BCUT2D eigenvalue weighted by Gasteiger charge is 2.07. The van der Waals surface area contributed by atoms with Crippen LogP contribution in [0.2, 0.25) is 0 Å². The van der Waals surface area contributed by atoms with Crippen LogP contribution in [0.3, 0.4) is 0 Å². The number of aliphatic imine (C=N–C) groups is 1. The summed E-state index contributed by atoms with van der Waals surface area (Å²) in [6.07, 6.45) is 0. The van der Waals surface area contributed by atoms with Crippen LogP contribution in [-0.4, -0.2) is 12.9 Å². The van der Waals surface area contributed by atoms with Gasteiger partial charge in [0.1, 0.15) is 5.84 Å². The molecule has 70 valence electrons. The third-order valence-corrected chi connectivity index (χ3v) is 2.10. The molecule has 0 aliphatic heterocycles. The first-order valence-corrected chi connectivity index (χ1v) is 4.48. The molecule has 2 heteroatoms. The van der Waals surface area contributed by atoms with Crippen LogP contribution in [0, 0.1) is 0 Å².